The lowest BCUT2D eigenvalue weighted by Crippen LogP contribution is -2.27. The lowest BCUT2D eigenvalue weighted by Gasteiger charge is -2.14. The molecule has 2 aliphatic heterocycles. The van der Waals surface area contributed by atoms with Crippen molar-refractivity contribution in [2.45, 2.75) is 13.5 Å². The first kappa shape index (κ1) is 22.1. The molecular weight excluding hydrogens is 482 g/mol. The molecule has 0 saturated carbocycles. The maximum absolute atomic E-state index is 12.9. The summed E-state index contributed by atoms with van der Waals surface area (Å²) in [6, 6.07) is 11.4. The van der Waals surface area contributed by atoms with E-state index < -0.39 is 17.1 Å². The van der Waals surface area contributed by atoms with Gasteiger partial charge in [0.2, 0.25) is 6.79 Å². The third kappa shape index (κ3) is 4.04. The van der Waals surface area contributed by atoms with Gasteiger partial charge in [-0.05, 0) is 60.1 Å². The fourth-order valence-electron chi connectivity index (χ4n) is 3.61. The fraction of sp³-hybridized carbons (Fsp3) is 0.125. The SMILES string of the molecule is Cc1ccc(C(=O)O)cc1-c1ccc(C=C2SC(=O)N(Cc3cc4c(cc3Cl)OCO4)C2=O)o1. The topological polar surface area (TPSA) is 106 Å². The quantitative estimate of drug-likeness (QED) is 0.456. The molecule has 5 rings (SSSR count). The van der Waals surface area contributed by atoms with Crippen LogP contribution in [0.5, 0.6) is 11.5 Å². The van der Waals surface area contributed by atoms with E-state index in [0.717, 1.165) is 22.2 Å². The predicted molar refractivity (Wildman–Crippen MR) is 125 cm³/mol. The fourth-order valence-corrected chi connectivity index (χ4v) is 4.64. The van der Waals surface area contributed by atoms with E-state index in [2.05, 4.69) is 0 Å². The minimum absolute atomic E-state index is 0.0118. The highest BCUT2D eigenvalue weighted by atomic mass is 35.5. The number of carboxylic acids is 1. The molecule has 172 valence electrons. The standard InChI is InChI=1S/C24H16ClNO7S/c1-12-2-3-13(23(28)29)6-16(12)18-5-4-15(33-18)8-21-22(27)26(24(30)34-21)10-14-7-19-20(9-17(14)25)32-11-31-19/h2-9H,10-11H2,1H3,(H,28,29). The number of benzene rings is 2. The van der Waals surface area contributed by atoms with Gasteiger partial charge in [-0.3, -0.25) is 14.5 Å². The highest BCUT2D eigenvalue weighted by molar-refractivity contribution is 8.18. The van der Waals surface area contributed by atoms with Gasteiger partial charge in [0.1, 0.15) is 11.5 Å². The largest absolute Gasteiger partial charge is 0.478 e. The number of carbonyl (C=O) groups is 3. The summed E-state index contributed by atoms with van der Waals surface area (Å²) < 4.78 is 16.5. The van der Waals surface area contributed by atoms with Gasteiger partial charge in [-0.25, -0.2) is 4.79 Å². The smallest absolute Gasteiger partial charge is 0.335 e. The number of aryl methyl sites for hydroxylation is 1. The number of aromatic carboxylic acids is 1. The number of ether oxygens (including phenoxy) is 2. The summed E-state index contributed by atoms with van der Waals surface area (Å²) >= 11 is 7.10. The van der Waals surface area contributed by atoms with Crippen LogP contribution in [0.2, 0.25) is 5.02 Å². The minimum atomic E-state index is -1.04. The summed E-state index contributed by atoms with van der Waals surface area (Å²) in [4.78, 5) is 38.1. The van der Waals surface area contributed by atoms with Crippen LogP contribution in [0.3, 0.4) is 0 Å². The minimum Gasteiger partial charge on any atom is -0.478 e. The molecule has 2 aliphatic rings. The molecule has 8 nitrogen and oxygen atoms in total. The molecule has 3 heterocycles. The van der Waals surface area contributed by atoms with E-state index in [0.29, 0.717) is 39.2 Å². The molecule has 0 atom stereocenters. The number of furan rings is 1. The lowest BCUT2D eigenvalue weighted by atomic mass is 10.0. The number of fused-ring (bicyclic) bond motifs is 1. The van der Waals surface area contributed by atoms with Gasteiger partial charge in [-0.1, -0.05) is 17.7 Å². The van der Waals surface area contributed by atoms with Gasteiger partial charge in [0.05, 0.1) is 17.0 Å². The third-order valence-corrected chi connectivity index (χ3v) is 6.65. The van der Waals surface area contributed by atoms with Gasteiger partial charge in [0.25, 0.3) is 11.1 Å². The Morgan fingerprint density at radius 2 is 1.91 bits per heavy atom. The van der Waals surface area contributed by atoms with E-state index in [9.17, 15) is 19.5 Å². The summed E-state index contributed by atoms with van der Waals surface area (Å²) in [5.74, 6) is 0.336. The summed E-state index contributed by atoms with van der Waals surface area (Å²) in [7, 11) is 0. The molecule has 1 fully saturated rings. The second kappa shape index (κ2) is 8.58. The zero-order chi connectivity index (χ0) is 24.0. The zero-order valence-electron chi connectivity index (χ0n) is 17.7. The van der Waals surface area contributed by atoms with Crippen molar-refractivity contribution in [1.29, 1.82) is 0 Å². The Labute approximate surface area is 202 Å². The lowest BCUT2D eigenvalue weighted by molar-refractivity contribution is -0.123. The van der Waals surface area contributed by atoms with Crippen LogP contribution < -0.4 is 9.47 Å². The molecule has 1 saturated heterocycles. The Hall–Kier alpha value is -3.69. The Morgan fingerprint density at radius 3 is 2.68 bits per heavy atom. The molecule has 2 aromatic carbocycles. The van der Waals surface area contributed by atoms with E-state index in [-0.39, 0.29) is 23.8 Å². The zero-order valence-corrected chi connectivity index (χ0v) is 19.2. The molecule has 1 N–H and O–H groups in total. The van der Waals surface area contributed by atoms with Gasteiger partial charge >= 0.3 is 5.97 Å². The van der Waals surface area contributed by atoms with Gasteiger partial charge < -0.3 is 19.0 Å². The highest BCUT2D eigenvalue weighted by Crippen LogP contribution is 2.39. The number of imide groups is 1. The molecule has 1 aromatic heterocycles. The molecular formula is C24H16ClNO7S. The van der Waals surface area contributed by atoms with Crippen molar-refractivity contribution in [2.24, 2.45) is 0 Å². The van der Waals surface area contributed by atoms with E-state index in [1.165, 1.54) is 18.2 Å². The Kier molecular flexibility index (Phi) is 5.59. The molecule has 0 unspecified atom stereocenters. The average molecular weight is 498 g/mol. The van der Waals surface area contributed by atoms with E-state index in [1.807, 2.05) is 6.92 Å². The third-order valence-electron chi connectivity index (χ3n) is 5.39. The van der Waals surface area contributed by atoms with Gasteiger partial charge in [-0.2, -0.15) is 0 Å². The molecule has 0 aliphatic carbocycles. The summed E-state index contributed by atoms with van der Waals surface area (Å²) in [5, 5.41) is 9.19. The molecule has 34 heavy (non-hydrogen) atoms. The predicted octanol–water partition coefficient (Wildman–Crippen LogP) is 5.57. The number of carbonyl (C=O) groups excluding carboxylic acids is 2. The van der Waals surface area contributed by atoms with Crippen LogP contribution in [-0.2, 0) is 11.3 Å². The molecule has 0 radical (unpaired) electrons. The van der Waals surface area contributed by atoms with E-state index in [4.69, 9.17) is 25.5 Å². The number of nitrogens with zero attached hydrogens (tertiary/aromatic N) is 1. The molecule has 0 bridgehead atoms. The van der Waals surface area contributed by atoms with Crippen molar-refractivity contribution in [1.82, 2.24) is 4.90 Å². The normalized spacial score (nSPS) is 16.1. The monoisotopic (exact) mass is 497 g/mol. The first-order chi connectivity index (χ1) is 16.3. The molecule has 0 spiro atoms. The van der Waals surface area contributed by atoms with Crippen molar-refractivity contribution < 1.29 is 33.4 Å². The molecule has 10 heteroatoms. The van der Waals surface area contributed by atoms with Crippen LogP contribution in [0.25, 0.3) is 17.4 Å². The average Bonchev–Trinajstić information content (AvgIpc) is 3.51. The number of halogens is 1. The number of thioether (sulfide) groups is 1. The van der Waals surface area contributed by atoms with Crippen molar-refractivity contribution in [2.75, 3.05) is 6.79 Å². The Balaban J connectivity index is 1.38. The maximum Gasteiger partial charge on any atom is 0.335 e. The van der Waals surface area contributed by atoms with Crippen molar-refractivity contribution in [3.8, 4) is 22.8 Å². The van der Waals surface area contributed by atoms with Gasteiger partial charge in [0, 0.05) is 22.7 Å². The van der Waals surface area contributed by atoms with Crippen molar-refractivity contribution >= 4 is 46.6 Å². The van der Waals surface area contributed by atoms with Crippen LogP contribution in [0.4, 0.5) is 4.79 Å². The number of rotatable bonds is 5. The van der Waals surface area contributed by atoms with Gasteiger partial charge in [-0.15, -0.1) is 0 Å². The summed E-state index contributed by atoms with van der Waals surface area (Å²) in [5.41, 5.74) is 2.17. The number of amides is 2. The van der Waals surface area contributed by atoms with E-state index >= 15 is 0 Å². The first-order valence-electron chi connectivity index (χ1n) is 10.1. The Bertz CT molecular complexity index is 1390. The number of hydrogen-bond acceptors (Lipinski definition) is 7. The van der Waals surface area contributed by atoms with Crippen LogP contribution in [0, 0.1) is 6.92 Å². The maximum atomic E-state index is 12.9. The Morgan fingerprint density at radius 1 is 1.15 bits per heavy atom. The van der Waals surface area contributed by atoms with Crippen LogP contribution in [0.1, 0.15) is 27.2 Å². The van der Waals surface area contributed by atoms with Crippen LogP contribution >= 0.6 is 23.4 Å². The molecule has 2 amide bonds. The first-order valence-corrected chi connectivity index (χ1v) is 11.3. The van der Waals surface area contributed by atoms with Crippen LogP contribution in [-0.4, -0.2) is 33.9 Å². The number of carboxylic acid groups (broad SMARTS) is 1. The molecule has 3 aromatic rings. The summed E-state index contributed by atoms with van der Waals surface area (Å²) in [6.07, 6.45) is 1.49. The van der Waals surface area contributed by atoms with Crippen molar-refractivity contribution in [3.63, 3.8) is 0 Å². The number of hydrogen-bond donors (Lipinski definition) is 1. The van der Waals surface area contributed by atoms with E-state index in [1.54, 1.807) is 30.3 Å². The second-order valence-corrected chi connectivity index (χ2v) is 9.00. The highest BCUT2D eigenvalue weighted by Gasteiger charge is 2.36. The van der Waals surface area contributed by atoms with Crippen LogP contribution in [0.15, 0.2) is 51.8 Å². The van der Waals surface area contributed by atoms with Crippen molar-refractivity contribution in [3.05, 3.63) is 74.8 Å². The van der Waals surface area contributed by atoms with Gasteiger partial charge in [0.15, 0.2) is 11.5 Å². The second-order valence-electron chi connectivity index (χ2n) is 7.60. The summed E-state index contributed by atoms with van der Waals surface area (Å²) in [6.45, 7) is 1.92.